The van der Waals surface area contributed by atoms with Gasteiger partial charge in [0.25, 0.3) is 11.8 Å². The summed E-state index contributed by atoms with van der Waals surface area (Å²) in [5.74, 6) is -1.75. The molecule has 0 spiro atoms. The molecule has 3 aliphatic rings. The van der Waals surface area contributed by atoms with E-state index in [1.807, 2.05) is 14.1 Å². The van der Waals surface area contributed by atoms with E-state index >= 15 is 0 Å². The predicted octanol–water partition coefficient (Wildman–Crippen LogP) is 2.31. The van der Waals surface area contributed by atoms with Gasteiger partial charge in [-0.25, -0.2) is 0 Å². The second-order valence-corrected chi connectivity index (χ2v) is 11.1. The summed E-state index contributed by atoms with van der Waals surface area (Å²) >= 11 is 0. The molecule has 40 heavy (non-hydrogen) atoms. The van der Waals surface area contributed by atoms with Crippen molar-refractivity contribution in [3.05, 3.63) is 64.2 Å². The van der Waals surface area contributed by atoms with Crippen LogP contribution in [0.25, 0.3) is 0 Å². The van der Waals surface area contributed by atoms with Crippen molar-refractivity contribution in [2.75, 3.05) is 32.5 Å². The molecule has 0 aliphatic carbocycles. The highest BCUT2D eigenvalue weighted by Gasteiger charge is 2.45. The summed E-state index contributed by atoms with van der Waals surface area (Å²) in [6.07, 6.45) is 1.96. The Balaban J connectivity index is 1.22. The lowest BCUT2D eigenvalue weighted by molar-refractivity contribution is -0.136. The molecule has 2 aromatic carbocycles. The SMILES string of the molecule is Cc1cc(CNc2cccc3c2C(=O)N(C2CCC(=O)NC2=O)C3=O)ccc1CN1CCC(C(=O)N(C)C)CC1. The Kier molecular flexibility index (Phi) is 7.71. The largest absolute Gasteiger partial charge is 0.380 e. The number of benzene rings is 2. The van der Waals surface area contributed by atoms with Gasteiger partial charge in [0.1, 0.15) is 6.04 Å². The first kappa shape index (κ1) is 27.5. The van der Waals surface area contributed by atoms with Crippen molar-refractivity contribution in [2.45, 2.75) is 51.7 Å². The Morgan fingerprint density at radius 3 is 2.45 bits per heavy atom. The standard InChI is InChI=1S/C30H35N5O5/c1-18-15-19(7-8-21(18)17-34-13-11-20(12-14-34)28(38)33(2)3)16-31-23-6-4-5-22-26(23)30(40)35(29(22)39)24-9-10-25(36)32-27(24)37/h4-8,15,20,24,31H,9-14,16-17H2,1-3H3,(H,32,36,37). The lowest BCUT2D eigenvalue weighted by Gasteiger charge is -2.32. The fourth-order valence-corrected chi connectivity index (χ4v) is 5.85. The number of nitrogens with one attached hydrogen (secondary N) is 2. The minimum Gasteiger partial charge on any atom is -0.380 e. The van der Waals surface area contributed by atoms with Gasteiger partial charge in [0, 0.05) is 45.2 Å². The van der Waals surface area contributed by atoms with Crippen LogP contribution in [0.2, 0.25) is 0 Å². The van der Waals surface area contributed by atoms with Gasteiger partial charge in [-0.15, -0.1) is 0 Å². The molecule has 5 rings (SSSR count). The summed E-state index contributed by atoms with van der Waals surface area (Å²) in [4.78, 5) is 67.6. The van der Waals surface area contributed by atoms with Crippen LogP contribution in [-0.2, 0) is 27.5 Å². The van der Waals surface area contributed by atoms with Crippen molar-refractivity contribution in [2.24, 2.45) is 5.92 Å². The number of aryl methyl sites for hydroxylation is 1. The number of imide groups is 2. The van der Waals surface area contributed by atoms with Crippen LogP contribution in [0.4, 0.5) is 5.69 Å². The molecule has 1 unspecified atom stereocenters. The van der Waals surface area contributed by atoms with Crippen molar-refractivity contribution in [1.82, 2.24) is 20.0 Å². The molecule has 2 fully saturated rings. The third-order valence-electron chi connectivity index (χ3n) is 8.13. The minimum absolute atomic E-state index is 0.0820. The first-order chi connectivity index (χ1) is 19.1. The zero-order valence-corrected chi connectivity index (χ0v) is 23.2. The summed E-state index contributed by atoms with van der Waals surface area (Å²) in [6, 6.07) is 10.4. The van der Waals surface area contributed by atoms with Crippen LogP contribution in [0.3, 0.4) is 0 Å². The highest BCUT2D eigenvalue weighted by molar-refractivity contribution is 6.25. The number of nitrogens with zero attached hydrogens (tertiary/aromatic N) is 3. The second kappa shape index (κ2) is 11.2. The van der Waals surface area contributed by atoms with Crippen molar-refractivity contribution >= 4 is 35.2 Å². The fraction of sp³-hybridized carbons (Fsp3) is 0.433. The average Bonchev–Trinajstić information content (AvgIpc) is 3.19. The summed E-state index contributed by atoms with van der Waals surface area (Å²) < 4.78 is 0. The Morgan fingerprint density at radius 2 is 1.77 bits per heavy atom. The van der Waals surface area contributed by atoms with Gasteiger partial charge in [0.05, 0.1) is 11.1 Å². The first-order valence-corrected chi connectivity index (χ1v) is 13.7. The monoisotopic (exact) mass is 545 g/mol. The quantitative estimate of drug-likeness (QED) is 0.513. The summed E-state index contributed by atoms with van der Waals surface area (Å²) in [5.41, 5.74) is 4.47. The molecule has 3 heterocycles. The maximum atomic E-state index is 13.3. The van der Waals surface area contributed by atoms with Crippen LogP contribution >= 0.6 is 0 Å². The molecule has 0 aromatic heterocycles. The summed E-state index contributed by atoms with van der Waals surface area (Å²) in [7, 11) is 3.63. The molecular formula is C30H35N5O5. The third-order valence-corrected chi connectivity index (χ3v) is 8.13. The number of rotatable bonds is 7. The highest BCUT2D eigenvalue weighted by Crippen LogP contribution is 2.32. The van der Waals surface area contributed by atoms with E-state index in [0.29, 0.717) is 12.2 Å². The van der Waals surface area contributed by atoms with E-state index in [-0.39, 0.29) is 35.8 Å². The van der Waals surface area contributed by atoms with E-state index in [1.165, 1.54) is 11.1 Å². The summed E-state index contributed by atoms with van der Waals surface area (Å²) in [5, 5.41) is 5.53. The number of carbonyl (C=O) groups is 5. The Labute approximate surface area is 233 Å². The van der Waals surface area contributed by atoms with Gasteiger partial charge >= 0.3 is 0 Å². The molecule has 2 aromatic rings. The smallest absolute Gasteiger partial charge is 0.264 e. The van der Waals surface area contributed by atoms with Crippen LogP contribution in [0.1, 0.15) is 63.1 Å². The van der Waals surface area contributed by atoms with Gasteiger partial charge in [-0.3, -0.25) is 39.1 Å². The molecule has 10 heteroatoms. The van der Waals surface area contributed by atoms with Crippen LogP contribution in [-0.4, -0.2) is 77.5 Å². The van der Waals surface area contributed by atoms with Gasteiger partial charge in [0.15, 0.2) is 0 Å². The number of anilines is 1. The van der Waals surface area contributed by atoms with Gasteiger partial charge in [-0.05, 0) is 68.1 Å². The molecule has 2 N–H and O–H groups in total. The van der Waals surface area contributed by atoms with E-state index in [1.54, 1.807) is 23.1 Å². The van der Waals surface area contributed by atoms with Crippen LogP contribution in [0.15, 0.2) is 36.4 Å². The van der Waals surface area contributed by atoms with Gasteiger partial charge in [-0.2, -0.15) is 0 Å². The Bertz CT molecular complexity index is 1380. The van der Waals surface area contributed by atoms with Crippen molar-refractivity contribution in [1.29, 1.82) is 0 Å². The molecule has 3 aliphatic heterocycles. The van der Waals surface area contributed by atoms with E-state index < -0.39 is 29.7 Å². The second-order valence-electron chi connectivity index (χ2n) is 11.1. The van der Waals surface area contributed by atoms with Crippen molar-refractivity contribution in [3.63, 3.8) is 0 Å². The first-order valence-electron chi connectivity index (χ1n) is 13.7. The number of fused-ring (bicyclic) bond motifs is 1. The molecule has 2 saturated heterocycles. The number of hydrogen-bond donors (Lipinski definition) is 2. The summed E-state index contributed by atoms with van der Waals surface area (Å²) in [6.45, 7) is 5.17. The zero-order chi connectivity index (χ0) is 28.6. The molecule has 1 atom stereocenters. The van der Waals surface area contributed by atoms with Gasteiger partial charge < -0.3 is 10.2 Å². The highest BCUT2D eigenvalue weighted by atomic mass is 16.2. The number of carbonyl (C=O) groups excluding carboxylic acids is 5. The molecule has 5 amide bonds. The maximum absolute atomic E-state index is 13.3. The van der Waals surface area contributed by atoms with E-state index in [0.717, 1.165) is 42.9 Å². The number of likely N-dealkylation sites (tertiary alicyclic amines) is 1. The Morgan fingerprint density at radius 1 is 1.02 bits per heavy atom. The minimum atomic E-state index is -0.993. The third kappa shape index (κ3) is 5.36. The van der Waals surface area contributed by atoms with E-state index in [9.17, 15) is 24.0 Å². The average molecular weight is 546 g/mol. The van der Waals surface area contributed by atoms with Gasteiger partial charge in [0.2, 0.25) is 17.7 Å². The number of amides is 5. The topological polar surface area (TPSA) is 119 Å². The molecule has 10 nitrogen and oxygen atoms in total. The zero-order valence-electron chi connectivity index (χ0n) is 23.2. The van der Waals surface area contributed by atoms with E-state index in [2.05, 4.69) is 40.7 Å². The lowest BCUT2D eigenvalue weighted by atomic mass is 9.94. The van der Waals surface area contributed by atoms with Crippen LogP contribution in [0, 0.1) is 12.8 Å². The molecule has 0 radical (unpaired) electrons. The maximum Gasteiger partial charge on any atom is 0.264 e. The van der Waals surface area contributed by atoms with Crippen LogP contribution < -0.4 is 10.6 Å². The predicted molar refractivity (Wildman–Crippen MR) is 148 cm³/mol. The van der Waals surface area contributed by atoms with Crippen molar-refractivity contribution in [3.8, 4) is 0 Å². The molecule has 210 valence electrons. The van der Waals surface area contributed by atoms with Crippen molar-refractivity contribution < 1.29 is 24.0 Å². The van der Waals surface area contributed by atoms with E-state index in [4.69, 9.17) is 0 Å². The number of hydrogen-bond acceptors (Lipinski definition) is 7. The normalized spacial score (nSPS) is 20.0. The Hall–Kier alpha value is -4.05. The number of piperidine rings is 2. The van der Waals surface area contributed by atoms with Gasteiger partial charge in [-0.1, -0.05) is 24.3 Å². The molecule has 0 bridgehead atoms. The lowest BCUT2D eigenvalue weighted by Crippen LogP contribution is -2.54. The fourth-order valence-electron chi connectivity index (χ4n) is 5.85. The van der Waals surface area contributed by atoms with Crippen LogP contribution in [0.5, 0.6) is 0 Å². The molecular weight excluding hydrogens is 510 g/mol. The molecule has 0 saturated carbocycles.